The van der Waals surface area contributed by atoms with Crippen molar-refractivity contribution in [2.75, 3.05) is 45.2 Å². The second-order valence-electron chi connectivity index (χ2n) is 10.8. The lowest BCUT2D eigenvalue weighted by Gasteiger charge is -2.35. The van der Waals surface area contributed by atoms with Crippen molar-refractivity contribution in [2.45, 2.75) is 51.6 Å². The number of amides is 2. The molecule has 2 aliphatic rings. The molecule has 2 heterocycles. The lowest BCUT2D eigenvalue weighted by molar-refractivity contribution is -0.137. The minimum atomic E-state index is -0.634. The quantitative estimate of drug-likeness (QED) is 0.443. The zero-order valence-corrected chi connectivity index (χ0v) is 24.4. The third-order valence-corrected chi connectivity index (χ3v) is 8.06. The van der Waals surface area contributed by atoms with Gasteiger partial charge in [0, 0.05) is 35.5 Å². The molecule has 0 bridgehead atoms. The number of carbonyl (C=O) groups is 3. The highest BCUT2D eigenvalue weighted by molar-refractivity contribution is 6.30. The molecule has 0 spiro atoms. The summed E-state index contributed by atoms with van der Waals surface area (Å²) in [6.07, 6.45) is 2.45. The van der Waals surface area contributed by atoms with Crippen LogP contribution in [0, 0.1) is 5.82 Å². The van der Waals surface area contributed by atoms with Gasteiger partial charge >= 0.3 is 0 Å². The second kappa shape index (κ2) is 13.0. The molecular weight excluding hydrogens is 531 g/mol. The molecule has 2 aliphatic heterocycles. The number of Topliss-reactive ketones (excluding diaryl/α,β-unsaturated/α-hetero) is 1. The molecule has 0 unspecified atom stereocenters. The Morgan fingerprint density at radius 3 is 2.60 bits per heavy atom. The maximum atomic E-state index is 14.9. The van der Waals surface area contributed by atoms with Crippen LogP contribution in [0.5, 0.6) is 0 Å². The van der Waals surface area contributed by atoms with Crippen LogP contribution in [0.3, 0.4) is 0 Å². The van der Waals surface area contributed by atoms with Crippen LogP contribution in [0.25, 0.3) is 5.57 Å². The first-order valence-corrected chi connectivity index (χ1v) is 14.3. The monoisotopic (exact) mass is 568 g/mol. The van der Waals surface area contributed by atoms with E-state index in [1.807, 2.05) is 55.1 Å². The van der Waals surface area contributed by atoms with Crippen molar-refractivity contribution in [3.05, 3.63) is 70.0 Å². The maximum Gasteiger partial charge on any atom is 0.243 e. The molecule has 40 heavy (non-hydrogen) atoms. The summed E-state index contributed by atoms with van der Waals surface area (Å²) in [6.45, 7) is 5.30. The van der Waals surface area contributed by atoms with Gasteiger partial charge in [0.15, 0.2) is 5.78 Å². The number of nitrogens with one attached hydrogen (secondary N) is 1. The summed E-state index contributed by atoms with van der Waals surface area (Å²) in [7, 11) is 3.84. The number of hydrogen-bond donors (Lipinski definition) is 1. The highest BCUT2D eigenvalue weighted by atomic mass is 35.5. The molecule has 1 fully saturated rings. The zero-order valence-electron chi connectivity index (χ0n) is 23.7. The van der Waals surface area contributed by atoms with Crippen LogP contribution in [-0.2, 0) is 14.4 Å². The Bertz CT molecular complexity index is 1310. The summed E-state index contributed by atoms with van der Waals surface area (Å²) in [4.78, 5) is 45.3. The molecule has 9 heteroatoms. The standard InChI is InChI=1S/C31H38ClFN4O3/c1-5-21-18-36(26-13-7-6-10-23(26)29(21)20(2)38)19-28(39)37-16-9-14-27(37)31(40)34-25(15-17-35(3)4)22-11-8-12-24(32)30(22)33/h6-8,10-13,25,27H,5,9,14-19H2,1-4H3,(H,34,40)/t25-,27+/m1/s1. The Hall–Kier alpha value is -3.23. The van der Waals surface area contributed by atoms with Gasteiger partial charge in [-0.1, -0.05) is 48.9 Å². The maximum absolute atomic E-state index is 14.9. The fourth-order valence-corrected chi connectivity index (χ4v) is 5.94. The van der Waals surface area contributed by atoms with Crippen molar-refractivity contribution in [1.82, 2.24) is 15.1 Å². The predicted octanol–water partition coefficient (Wildman–Crippen LogP) is 4.85. The molecule has 0 radical (unpaired) electrons. The fraction of sp³-hybridized carbons (Fsp3) is 0.452. The highest BCUT2D eigenvalue weighted by Gasteiger charge is 2.37. The molecule has 2 aromatic rings. The van der Waals surface area contributed by atoms with Crippen molar-refractivity contribution in [1.29, 1.82) is 0 Å². The smallest absolute Gasteiger partial charge is 0.243 e. The van der Waals surface area contributed by atoms with Gasteiger partial charge in [-0.3, -0.25) is 14.4 Å². The van der Waals surface area contributed by atoms with E-state index in [9.17, 15) is 18.8 Å². The summed E-state index contributed by atoms with van der Waals surface area (Å²) in [5.41, 5.74) is 3.76. The van der Waals surface area contributed by atoms with Crippen LogP contribution in [-0.4, -0.2) is 73.7 Å². The van der Waals surface area contributed by atoms with Crippen LogP contribution in [0.15, 0.2) is 48.0 Å². The molecular formula is C31H38ClFN4O3. The molecule has 2 atom stereocenters. The van der Waals surface area contributed by atoms with Gasteiger partial charge < -0.3 is 20.0 Å². The summed E-state index contributed by atoms with van der Waals surface area (Å²) in [5, 5.41) is 3.03. The van der Waals surface area contributed by atoms with Gasteiger partial charge in [0.05, 0.1) is 17.6 Å². The Labute approximate surface area is 241 Å². The van der Waals surface area contributed by atoms with Crippen LogP contribution >= 0.6 is 11.6 Å². The number of fused-ring (bicyclic) bond motifs is 1. The van der Waals surface area contributed by atoms with Crippen LogP contribution in [0.1, 0.15) is 56.7 Å². The van der Waals surface area contributed by atoms with E-state index in [-0.39, 0.29) is 29.2 Å². The lowest BCUT2D eigenvalue weighted by Crippen LogP contribution is -2.50. The van der Waals surface area contributed by atoms with Gasteiger partial charge in [-0.15, -0.1) is 0 Å². The topological polar surface area (TPSA) is 73.0 Å². The van der Waals surface area contributed by atoms with Gasteiger partial charge in [0.2, 0.25) is 11.8 Å². The van der Waals surface area contributed by atoms with Crippen molar-refractivity contribution in [2.24, 2.45) is 0 Å². The molecule has 4 rings (SSSR count). The second-order valence-corrected chi connectivity index (χ2v) is 11.2. The van der Waals surface area contributed by atoms with E-state index in [1.165, 1.54) is 6.07 Å². The number of ketones is 1. The van der Waals surface area contributed by atoms with Gasteiger partial charge in [-0.25, -0.2) is 4.39 Å². The predicted molar refractivity (Wildman–Crippen MR) is 157 cm³/mol. The first kappa shape index (κ1) is 29.7. The van der Waals surface area contributed by atoms with Crippen LogP contribution in [0.2, 0.25) is 5.02 Å². The minimum Gasteiger partial charge on any atom is -0.358 e. The van der Waals surface area contributed by atoms with E-state index in [0.717, 1.165) is 22.4 Å². The van der Waals surface area contributed by atoms with Crippen molar-refractivity contribution >= 4 is 40.5 Å². The molecule has 0 aliphatic carbocycles. The molecule has 214 valence electrons. The minimum absolute atomic E-state index is 0.00881. The Morgan fingerprint density at radius 1 is 1.15 bits per heavy atom. The van der Waals surface area contributed by atoms with Gasteiger partial charge in [-0.2, -0.15) is 0 Å². The first-order chi connectivity index (χ1) is 19.1. The third-order valence-electron chi connectivity index (χ3n) is 7.77. The molecule has 0 aromatic heterocycles. The van der Waals surface area contributed by atoms with Gasteiger partial charge in [0.25, 0.3) is 0 Å². The average molecular weight is 569 g/mol. The molecule has 1 saturated heterocycles. The summed E-state index contributed by atoms with van der Waals surface area (Å²) < 4.78 is 14.9. The van der Waals surface area contributed by atoms with Crippen LogP contribution in [0.4, 0.5) is 10.1 Å². The molecule has 2 amide bonds. The average Bonchev–Trinajstić information content (AvgIpc) is 3.42. The number of carbonyl (C=O) groups excluding carboxylic acids is 3. The van der Waals surface area contributed by atoms with Crippen molar-refractivity contribution in [3.63, 3.8) is 0 Å². The summed E-state index contributed by atoms with van der Waals surface area (Å²) in [6, 6.07) is 11.2. The molecule has 0 saturated carbocycles. The SMILES string of the molecule is CCC1=C(C(C)=O)c2ccccc2N(CC(=O)N2CCC[C@H]2C(=O)N[C@H](CCN(C)C)c2cccc(Cl)c2F)C1. The summed E-state index contributed by atoms with van der Waals surface area (Å²) in [5.74, 6) is -0.957. The normalized spacial score (nSPS) is 17.7. The highest BCUT2D eigenvalue weighted by Crippen LogP contribution is 2.36. The van der Waals surface area contributed by atoms with E-state index in [0.29, 0.717) is 50.9 Å². The number of benzene rings is 2. The molecule has 7 nitrogen and oxygen atoms in total. The number of para-hydroxylation sites is 1. The Morgan fingerprint density at radius 2 is 1.90 bits per heavy atom. The van der Waals surface area contributed by atoms with Crippen LogP contribution < -0.4 is 10.2 Å². The van der Waals surface area contributed by atoms with E-state index >= 15 is 0 Å². The number of allylic oxidation sites excluding steroid dienone is 1. The molecule has 2 aromatic carbocycles. The van der Waals surface area contributed by atoms with E-state index in [2.05, 4.69) is 5.32 Å². The largest absolute Gasteiger partial charge is 0.358 e. The van der Waals surface area contributed by atoms with Gasteiger partial charge in [0.1, 0.15) is 11.9 Å². The number of halogens is 2. The zero-order chi connectivity index (χ0) is 29.0. The van der Waals surface area contributed by atoms with E-state index < -0.39 is 17.9 Å². The number of rotatable bonds is 10. The fourth-order valence-electron chi connectivity index (χ4n) is 5.76. The van der Waals surface area contributed by atoms with Crippen molar-refractivity contribution < 1.29 is 18.8 Å². The Balaban J connectivity index is 1.52. The Kier molecular flexibility index (Phi) is 9.64. The first-order valence-electron chi connectivity index (χ1n) is 13.9. The lowest BCUT2D eigenvalue weighted by atomic mass is 9.89. The number of hydrogen-bond acceptors (Lipinski definition) is 5. The van der Waals surface area contributed by atoms with Crippen molar-refractivity contribution in [3.8, 4) is 0 Å². The molecule has 1 N–H and O–H groups in total. The third kappa shape index (κ3) is 6.39. The van der Waals surface area contributed by atoms with E-state index in [4.69, 9.17) is 11.6 Å². The van der Waals surface area contributed by atoms with E-state index in [1.54, 1.807) is 24.0 Å². The van der Waals surface area contributed by atoms with Gasteiger partial charge in [-0.05, 0) is 71.0 Å². The number of likely N-dealkylation sites (tertiary alicyclic amines) is 1. The number of anilines is 1. The summed E-state index contributed by atoms with van der Waals surface area (Å²) >= 11 is 6.05. The number of nitrogens with zero attached hydrogens (tertiary/aromatic N) is 3.